The molecule has 0 heterocycles. The molecule has 0 radical (unpaired) electrons. The fourth-order valence-corrected chi connectivity index (χ4v) is 1.31. The van der Waals surface area contributed by atoms with Crippen LogP contribution in [0.1, 0.15) is 12.5 Å². The molecule has 3 heteroatoms. The maximum absolute atomic E-state index is 10.8. The van der Waals surface area contributed by atoms with Crippen LogP contribution in [0, 0.1) is 0 Å². The normalized spacial score (nSPS) is 13.2. The van der Waals surface area contributed by atoms with Gasteiger partial charge in [-0.25, -0.2) is 0 Å². The number of hydrogen-bond donors (Lipinski definition) is 2. The molecule has 0 bridgehead atoms. The predicted molar refractivity (Wildman–Crippen MR) is 68.7 cm³/mol. The molecule has 17 heavy (non-hydrogen) atoms. The van der Waals surface area contributed by atoms with Crippen LogP contribution in [0.15, 0.2) is 36.6 Å². The lowest BCUT2D eigenvalue weighted by atomic mass is 10.1. The van der Waals surface area contributed by atoms with Gasteiger partial charge in [0, 0.05) is 11.3 Å². The average Bonchev–Trinajstić information content (AvgIpc) is 2.28. The molecule has 0 fully saturated rings. The number of hydrogen-bond acceptors (Lipinski definition) is 3. The number of rotatable bonds is 3. The minimum absolute atomic E-state index is 0.0475. The second-order valence-corrected chi connectivity index (χ2v) is 3.56. The van der Waals surface area contributed by atoms with E-state index < -0.39 is 0 Å². The second kappa shape index (κ2) is 5.70. The summed E-state index contributed by atoms with van der Waals surface area (Å²) in [4.78, 5) is 10.8. The van der Waals surface area contributed by atoms with Gasteiger partial charge in [-0.05, 0) is 29.8 Å². The van der Waals surface area contributed by atoms with E-state index in [0.717, 1.165) is 11.8 Å². The number of aliphatic hydroxyl groups is 2. The lowest BCUT2D eigenvalue weighted by Crippen LogP contribution is -2.25. The number of ketones is 1. The number of allylic oxidation sites excluding steroid dienone is 1. The van der Waals surface area contributed by atoms with Gasteiger partial charge in [0.15, 0.2) is 5.78 Å². The summed E-state index contributed by atoms with van der Waals surface area (Å²) < 4.78 is 0. The molecule has 0 saturated heterocycles. The van der Waals surface area contributed by atoms with Crippen LogP contribution in [-0.4, -0.2) is 16.0 Å². The minimum Gasteiger partial charge on any atom is -0.515 e. The summed E-state index contributed by atoms with van der Waals surface area (Å²) in [7, 11) is 0. The highest BCUT2D eigenvalue weighted by Crippen LogP contribution is 1.97. The summed E-state index contributed by atoms with van der Waals surface area (Å²) in [5, 5.41) is 19.4. The number of carbonyl (C=O) groups is 1. The van der Waals surface area contributed by atoms with Crippen LogP contribution >= 0.6 is 0 Å². The first-order valence-corrected chi connectivity index (χ1v) is 5.06. The lowest BCUT2D eigenvalue weighted by molar-refractivity contribution is -0.112. The lowest BCUT2D eigenvalue weighted by Gasteiger charge is -1.96. The Morgan fingerprint density at radius 1 is 1.35 bits per heavy atom. The van der Waals surface area contributed by atoms with E-state index in [2.05, 4.69) is 6.58 Å². The fraction of sp³-hybridized carbons (Fsp3) is 0.0714. The largest absolute Gasteiger partial charge is 0.515 e. The predicted octanol–water partition coefficient (Wildman–Crippen LogP) is 1.44. The van der Waals surface area contributed by atoms with Gasteiger partial charge < -0.3 is 10.2 Å². The smallest absolute Gasteiger partial charge is 0.152 e. The SMILES string of the molecule is C=c1ccc(/C=C/C(C)=O)c/c1=C(O)/C=C/O. The molecule has 88 valence electrons. The Morgan fingerprint density at radius 2 is 2.06 bits per heavy atom. The van der Waals surface area contributed by atoms with Crippen LogP contribution in [0.3, 0.4) is 0 Å². The third kappa shape index (κ3) is 3.65. The summed E-state index contributed by atoms with van der Waals surface area (Å²) in [6.07, 6.45) is 5.03. The Morgan fingerprint density at radius 3 is 2.65 bits per heavy atom. The summed E-state index contributed by atoms with van der Waals surface area (Å²) in [6, 6.07) is 5.22. The first kappa shape index (κ1) is 12.8. The molecule has 0 aromatic heterocycles. The second-order valence-electron chi connectivity index (χ2n) is 3.56. The highest BCUT2D eigenvalue weighted by molar-refractivity contribution is 5.91. The third-order valence-corrected chi connectivity index (χ3v) is 2.15. The Bertz CT molecular complexity index is 580. The summed E-state index contributed by atoms with van der Waals surface area (Å²) in [6.45, 7) is 5.24. The summed E-state index contributed by atoms with van der Waals surface area (Å²) >= 11 is 0. The molecule has 2 N–H and O–H groups in total. The van der Waals surface area contributed by atoms with Gasteiger partial charge in [-0.3, -0.25) is 4.79 Å². The van der Waals surface area contributed by atoms with Crippen LogP contribution in [-0.2, 0) is 4.79 Å². The Hall–Kier alpha value is -2.29. The van der Waals surface area contributed by atoms with Gasteiger partial charge in [0.2, 0.25) is 0 Å². The van der Waals surface area contributed by atoms with Gasteiger partial charge in [0.05, 0.1) is 6.26 Å². The zero-order chi connectivity index (χ0) is 12.8. The number of carbonyl (C=O) groups excluding carboxylic acids is 1. The maximum Gasteiger partial charge on any atom is 0.152 e. The molecule has 0 atom stereocenters. The van der Waals surface area contributed by atoms with Crippen molar-refractivity contribution in [3.05, 3.63) is 52.6 Å². The van der Waals surface area contributed by atoms with Crippen molar-refractivity contribution in [2.75, 3.05) is 0 Å². The average molecular weight is 230 g/mol. The van der Waals surface area contributed by atoms with Gasteiger partial charge >= 0.3 is 0 Å². The van der Waals surface area contributed by atoms with Crippen LogP contribution in [0.4, 0.5) is 0 Å². The van der Waals surface area contributed by atoms with Crippen molar-refractivity contribution >= 4 is 24.2 Å². The molecule has 0 unspecified atom stereocenters. The molecule has 0 aliphatic carbocycles. The van der Waals surface area contributed by atoms with Crippen molar-refractivity contribution in [2.24, 2.45) is 0 Å². The zero-order valence-electron chi connectivity index (χ0n) is 9.55. The molecule has 0 aliphatic rings. The van der Waals surface area contributed by atoms with Crippen molar-refractivity contribution in [2.45, 2.75) is 6.92 Å². The van der Waals surface area contributed by atoms with Crippen molar-refractivity contribution in [1.82, 2.24) is 0 Å². The van der Waals surface area contributed by atoms with E-state index in [1.165, 1.54) is 19.1 Å². The third-order valence-electron chi connectivity index (χ3n) is 2.15. The molecular weight excluding hydrogens is 216 g/mol. The zero-order valence-corrected chi connectivity index (χ0v) is 9.55. The van der Waals surface area contributed by atoms with Crippen LogP contribution < -0.4 is 10.4 Å². The summed E-state index contributed by atoms with van der Waals surface area (Å²) in [5.74, 6) is -0.121. The Balaban J connectivity index is 3.34. The van der Waals surface area contributed by atoms with Gasteiger partial charge in [0.1, 0.15) is 5.76 Å². The van der Waals surface area contributed by atoms with Crippen LogP contribution in [0.2, 0.25) is 0 Å². The topological polar surface area (TPSA) is 57.5 Å². The molecule has 3 nitrogen and oxygen atoms in total. The van der Waals surface area contributed by atoms with E-state index in [1.807, 2.05) is 0 Å². The highest BCUT2D eigenvalue weighted by Gasteiger charge is 1.94. The Kier molecular flexibility index (Phi) is 4.29. The molecule has 0 saturated carbocycles. The van der Waals surface area contributed by atoms with E-state index in [1.54, 1.807) is 24.3 Å². The first-order valence-electron chi connectivity index (χ1n) is 5.06. The molecule has 0 aliphatic heterocycles. The molecule has 1 aromatic carbocycles. The minimum atomic E-state index is -0.0735. The molecule has 1 aromatic rings. The van der Waals surface area contributed by atoms with Crippen molar-refractivity contribution < 1.29 is 15.0 Å². The van der Waals surface area contributed by atoms with E-state index in [4.69, 9.17) is 5.11 Å². The van der Waals surface area contributed by atoms with E-state index in [-0.39, 0.29) is 11.5 Å². The van der Waals surface area contributed by atoms with E-state index >= 15 is 0 Å². The Labute approximate surface area is 99.3 Å². The van der Waals surface area contributed by atoms with Gasteiger partial charge in [0.25, 0.3) is 0 Å². The number of benzene rings is 1. The van der Waals surface area contributed by atoms with E-state index in [0.29, 0.717) is 10.4 Å². The van der Waals surface area contributed by atoms with Crippen molar-refractivity contribution in [1.29, 1.82) is 0 Å². The van der Waals surface area contributed by atoms with Gasteiger partial charge in [-0.2, -0.15) is 0 Å². The molecule has 1 rings (SSSR count). The fourth-order valence-electron chi connectivity index (χ4n) is 1.31. The standard InChI is InChI=1S/C14H14O3/c1-10-3-5-12(6-4-11(2)16)9-13(10)14(17)7-8-15/h3-9,15,17H,1H2,2H3/b6-4+,8-7+,14-13+. The monoisotopic (exact) mass is 230 g/mol. The highest BCUT2D eigenvalue weighted by atomic mass is 16.3. The maximum atomic E-state index is 10.8. The quantitative estimate of drug-likeness (QED) is 0.610. The van der Waals surface area contributed by atoms with Gasteiger partial charge in [-0.15, -0.1) is 0 Å². The summed E-state index contributed by atoms with van der Waals surface area (Å²) in [5.41, 5.74) is 0.778. The van der Waals surface area contributed by atoms with E-state index in [9.17, 15) is 9.90 Å². The molecule has 0 amide bonds. The van der Waals surface area contributed by atoms with Crippen molar-refractivity contribution in [3.8, 4) is 0 Å². The first-order chi connectivity index (χ1) is 8.04. The van der Waals surface area contributed by atoms with Crippen LogP contribution in [0.5, 0.6) is 0 Å². The van der Waals surface area contributed by atoms with Gasteiger partial charge in [-0.1, -0.05) is 24.8 Å². The van der Waals surface area contributed by atoms with Crippen molar-refractivity contribution in [3.63, 3.8) is 0 Å². The number of aliphatic hydroxyl groups excluding tert-OH is 2. The molecule has 0 spiro atoms. The molecular formula is C14H14O3. The van der Waals surface area contributed by atoms with Crippen LogP contribution in [0.25, 0.3) is 18.4 Å².